The second kappa shape index (κ2) is 11.7. The maximum Gasteiger partial charge on any atom is 0.224 e. The molecule has 0 saturated heterocycles. The van der Waals surface area contributed by atoms with Gasteiger partial charge in [-0.15, -0.1) is 10.2 Å². The third kappa shape index (κ3) is 6.71. The first-order valence-corrected chi connectivity index (χ1v) is 11.7. The fourth-order valence-electron chi connectivity index (χ4n) is 3.30. The first-order chi connectivity index (χ1) is 15.9. The molecule has 1 N–H and O–H groups in total. The molecule has 3 rings (SSSR count). The molecule has 0 bridgehead atoms. The molecule has 1 aromatic heterocycles. The summed E-state index contributed by atoms with van der Waals surface area (Å²) < 4.78 is 26.6. The second-order valence-electron chi connectivity index (χ2n) is 7.91. The number of nitrogens with one attached hydrogen (secondary N) is 1. The van der Waals surface area contributed by atoms with Crippen molar-refractivity contribution in [1.29, 1.82) is 0 Å². The Labute approximate surface area is 197 Å². The Balaban J connectivity index is 1.68. The van der Waals surface area contributed by atoms with Crippen LogP contribution in [0.4, 0.5) is 4.39 Å². The van der Waals surface area contributed by atoms with Gasteiger partial charge in [-0.3, -0.25) is 4.79 Å². The molecule has 176 valence electrons. The molecule has 33 heavy (non-hydrogen) atoms. The van der Waals surface area contributed by atoms with E-state index >= 15 is 0 Å². The molecule has 1 amide bonds. The standard InChI is InChI=1S/C24H29FN4O3S/c1-16(2)14-29-22(27-28-24(29)33-15-17-7-5-6-8-20(17)25)13-26-23(30)12-18-11-19(31-3)9-10-21(18)32-4/h5-11,16H,12-15H2,1-4H3,(H,26,30). The van der Waals surface area contributed by atoms with Crippen LogP contribution < -0.4 is 14.8 Å². The highest BCUT2D eigenvalue weighted by Gasteiger charge is 2.16. The molecular weight excluding hydrogens is 443 g/mol. The number of nitrogens with zero attached hydrogens (tertiary/aromatic N) is 3. The van der Waals surface area contributed by atoms with E-state index in [1.54, 1.807) is 44.6 Å². The zero-order valence-electron chi connectivity index (χ0n) is 19.3. The van der Waals surface area contributed by atoms with Gasteiger partial charge in [0.05, 0.1) is 27.2 Å². The van der Waals surface area contributed by atoms with E-state index in [0.717, 1.165) is 5.56 Å². The fraction of sp³-hybridized carbons (Fsp3) is 0.375. The van der Waals surface area contributed by atoms with Gasteiger partial charge >= 0.3 is 0 Å². The summed E-state index contributed by atoms with van der Waals surface area (Å²) in [6, 6.07) is 12.1. The van der Waals surface area contributed by atoms with Crippen molar-refractivity contribution in [2.45, 2.75) is 44.3 Å². The zero-order valence-corrected chi connectivity index (χ0v) is 20.1. The average molecular weight is 473 g/mol. The van der Waals surface area contributed by atoms with Gasteiger partial charge in [-0.05, 0) is 35.7 Å². The highest BCUT2D eigenvalue weighted by Crippen LogP contribution is 2.25. The Kier molecular flexibility index (Phi) is 8.71. The van der Waals surface area contributed by atoms with Crippen molar-refractivity contribution in [2.75, 3.05) is 14.2 Å². The van der Waals surface area contributed by atoms with Crippen LogP contribution in [0.5, 0.6) is 11.5 Å². The molecule has 0 aliphatic heterocycles. The second-order valence-corrected chi connectivity index (χ2v) is 8.86. The summed E-state index contributed by atoms with van der Waals surface area (Å²) in [4.78, 5) is 12.6. The third-order valence-corrected chi connectivity index (χ3v) is 5.95. The fourth-order valence-corrected chi connectivity index (χ4v) is 4.25. The minimum Gasteiger partial charge on any atom is -0.497 e. The first kappa shape index (κ1) is 24.6. The molecule has 0 atom stereocenters. The van der Waals surface area contributed by atoms with Crippen molar-refractivity contribution in [3.63, 3.8) is 0 Å². The molecule has 7 nitrogen and oxygen atoms in total. The maximum atomic E-state index is 14.0. The van der Waals surface area contributed by atoms with Crippen LogP contribution in [0, 0.1) is 11.7 Å². The van der Waals surface area contributed by atoms with Gasteiger partial charge in [0.15, 0.2) is 11.0 Å². The molecule has 0 saturated carbocycles. The molecule has 0 aliphatic rings. The van der Waals surface area contributed by atoms with Gasteiger partial charge in [-0.25, -0.2) is 4.39 Å². The van der Waals surface area contributed by atoms with Crippen molar-refractivity contribution in [1.82, 2.24) is 20.1 Å². The smallest absolute Gasteiger partial charge is 0.224 e. The van der Waals surface area contributed by atoms with Crippen LogP contribution in [0.25, 0.3) is 0 Å². The van der Waals surface area contributed by atoms with Gasteiger partial charge in [-0.2, -0.15) is 0 Å². The molecule has 0 radical (unpaired) electrons. The van der Waals surface area contributed by atoms with Crippen LogP contribution in [0.1, 0.15) is 30.8 Å². The molecular formula is C24H29FN4O3S. The Hall–Kier alpha value is -3.07. The number of carbonyl (C=O) groups is 1. The molecule has 0 aliphatic carbocycles. The molecule has 0 unspecified atom stereocenters. The van der Waals surface area contributed by atoms with Gasteiger partial charge < -0.3 is 19.4 Å². The number of hydrogen-bond donors (Lipinski definition) is 1. The third-order valence-electron chi connectivity index (χ3n) is 4.94. The van der Waals surface area contributed by atoms with Crippen LogP contribution in [0.15, 0.2) is 47.6 Å². The van der Waals surface area contributed by atoms with Crippen molar-refractivity contribution in [3.05, 3.63) is 65.2 Å². The normalized spacial score (nSPS) is 11.0. The van der Waals surface area contributed by atoms with Crippen LogP contribution in [-0.4, -0.2) is 34.9 Å². The Morgan fingerprint density at radius 1 is 1.12 bits per heavy atom. The van der Waals surface area contributed by atoms with E-state index in [1.165, 1.54) is 17.8 Å². The lowest BCUT2D eigenvalue weighted by atomic mass is 10.1. The minimum atomic E-state index is -0.236. The minimum absolute atomic E-state index is 0.146. The molecule has 3 aromatic rings. The van der Waals surface area contributed by atoms with Crippen LogP contribution in [0.3, 0.4) is 0 Å². The van der Waals surface area contributed by atoms with Gasteiger partial charge in [0, 0.05) is 17.9 Å². The maximum absolute atomic E-state index is 14.0. The van der Waals surface area contributed by atoms with Crippen molar-refractivity contribution >= 4 is 17.7 Å². The molecule has 9 heteroatoms. The number of carbonyl (C=O) groups excluding carboxylic acids is 1. The van der Waals surface area contributed by atoms with Crippen molar-refractivity contribution < 1.29 is 18.7 Å². The van der Waals surface area contributed by atoms with Crippen LogP contribution in [-0.2, 0) is 30.1 Å². The monoisotopic (exact) mass is 472 g/mol. The van der Waals surface area contributed by atoms with Gasteiger partial charge in [0.2, 0.25) is 5.91 Å². The summed E-state index contributed by atoms with van der Waals surface area (Å²) in [7, 11) is 3.15. The lowest BCUT2D eigenvalue weighted by Crippen LogP contribution is -2.27. The van der Waals surface area contributed by atoms with Gasteiger partial charge in [-0.1, -0.05) is 43.8 Å². The average Bonchev–Trinajstić information content (AvgIpc) is 3.17. The Bertz CT molecular complexity index is 1090. The van der Waals surface area contributed by atoms with Crippen molar-refractivity contribution in [3.8, 4) is 11.5 Å². The summed E-state index contributed by atoms with van der Waals surface area (Å²) in [5.41, 5.74) is 1.35. The summed E-state index contributed by atoms with van der Waals surface area (Å²) in [5, 5.41) is 12.2. The predicted octanol–water partition coefficient (Wildman–Crippen LogP) is 4.24. The molecule has 0 spiro atoms. The number of halogens is 1. The number of benzene rings is 2. The molecule has 2 aromatic carbocycles. The SMILES string of the molecule is COc1ccc(OC)c(CC(=O)NCc2nnc(SCc3ccccc3F)n2CC(C)C)c1. The summed E-state index contributed by atoms with van der Waals surface area (Å²) in [6.45, 7) is 5.14. The van der Waals surface area contributed by atoms with E-state index in [4.69, 9.17) is 9.47 Å². The highest BCUT2D eigenvalue weighted by molar-refractivity contribution is 7.98. The van der Waals surface area contributed by atoms with Crippen LogP contribution in [0.2, 0.25) is 0 Å². The highest BCUT2D eigenvalue weighted by atomic mass is 32.2. The lowest BCUT2D eigenvalue weighted by molar-refractivity contribution is -0.120. The number of ether oxygens (including phenoxy) is 2. The number of methoxy groups -OCH3 is 2. The number of amides is 1. The lowest BCUT2D eigenvalue weighted by Gasteiger charge is -2.14. The van der Waals surface area contributed by atoms with Gasteiger partial charge in [0.25, 0.3) is 0 Å². The summed E-state index contributed by atoms with van der Waals surface area (Å²) >= 11 is 1.43. The first-order valence-electron chi connectivity index (χ1n) is 10.7. The number of aromatic nitrogens is 3. The molecule has 1 heterocycles. The van der Waals surface area contributed by atoms with E-state index in [1.807, 2.05) is 10.6 Å². The number of hydrogen-bond acceptors (Lipinski definition) is 6. The Morgan fingerprint density at radius 3 is 2.61 bits per heavy atom. The van der Waals surface area contributed by atoms with E-state index < -0.39 is 0 Å². The van der Waals surface area contributed by atoms with E-state index in [-0.39, 0.29) is 24.7 Å². The quantitative estimate of drug-likeness (QED) is 0.421. The van der Waals surface area contributed by atoms with Crippen molar-refractivity contribution in [2.24, 2.45) is 5.92 Å². The summed E-state index contributed by atoms with van der Waals surface area (Å²) in [6.07, 6.45) is 0.146. The largest absolute Gasteiger partial charge is 0.497 e. The zero-order chi connectivity index (χ0) is 23.8. The molecule has 0 fully saturated rings. The topological polar surface area (TPSA) is 78.3 Å². The predicted molar refractivity (Wildman–Crippen MR) is 126 cm³/mol. The number of thioether (sulfide) groups is 1. The number of rotatable bonds is 11. The van der Waals surface area contributed by atoms with E-state index in [9.17, 15) is 9.18 Å². The summed E-state index contributed by atoms with van der Waals surface area (Å²) in [5.74, 6) is 2.34. The van der Waals surface area contributed by atoms with Gasteiger partial charge in [0.1, 0.15) is 17.3 Å². The van der Waals surface area contributed by atoms with E-state index in [0.29, 0.717) is 46.3 Å². The Morgan fingerprint density at radius 2 is 1.91 bits per heavy atom. The van der Waals surface area contributed by atoms with E-state index in [2.05, 4.69) is 29.4 Å². The van der Waals surface area contributed by atoms with Crippen LogP contribution >= 0.6 is 11.8 Å².